The van der Waals surface area contributed by atoms with Crippen molar-refractivity contribution in [2.45, 2.75) is 32.7 Å². The monoisotopic (exact) mass is 471 g/mol. The van der Waals surface area contributed by atoms with Gasteiger partial charge in [-0.05, 0) is 44.4 Å². The van der Waals surface area contributed by atoms with Crippen molar-refractivity contribution in [2.24, 2.45) is 4.99 Å². The molecule has 1 rings (SSSR count). The summed E-state index contributed by atoms with van der Waals surface area (Å²) in [5.74, 6) is 0.568. The maximum Gasteiger partial charge on any atom is 0.191 e. The Hall–Kier alpha value is -0.900. The van der Waals surface area contributed by atoms with Gasteiger partial charge in [0.25, 0.3) is 0 Å². The van der Waals surface area contributed by atoms with Gasteiger partial charge in [0.1, 0.15) is 15.7 Å². The molecule has 0 fully saturated rings. The van der Waals surface area contributed by atoms with Crippen molar-refractivity contribution >= 4 is 39.8 Å². The lowest BCUT2D eigenvalue weighted by molar-refractivity contribution is 0.581. The lowest BCUT2D eigenvalue weighted by Crippen LogP contribution is -2.43. The van der Waals surface area contributed by atoms with Crippen molar-refractivity contribution in [3.63, 3.8) is 0 Å². The zero-order valence-corrected chi connectivity index (χ0v) is 17.5. The Kier molecular flexibility index (Phi) is 11.2. The molecule has 1 aromatic carbocycles. The summed E-state index contributed by atoms with van der Waals surface area (Å²) >= 11 is 0. The average molecular weight is 471 g/mol. The van der Waals surface area contributed by atoms with Gasteiger partial charge in [-0.15, -0.1) is 24.0 Å². The fourth-order valence-electron chi connectivity index (χ4n) is 1.96. The van der Waals surface area contributed by atoms with Crippen LogP contribution in [-0.4, -0.2) is 45.5 Å². The maximum absolute atomic E-state index is 12.8. The molecule has 8 heteroatoms. The van der Waals surface area contributed by atoms with Gasteiger partial charge in [-0.3, -0.25) is 4.99 Å². The standard InChI is InChI=1S/C16H26FN3O2S.HI/c1-4-18-16(20-13(2)10-12-23(3,21)22)19-11-9-14-5-7-15(17)8-6-14;/h5-8,13H,4,9-12H2,1-3H3,(H2,18,19,20);1H. The van der Waals surface area contributed by atoms with E-state index in [1.54, 1.807) is 12.1 Å². The predicted octanol–water partition coefficient (Wildman–Crippen LogP) is 2.36. The lowest BCUT2D eigenvalue weighted by atomic mass is 10.1. The second kappa shape index (κ2) is 11.6. The molecule has 0 heterocycles. The van der Waals surface area contributed by atoms with E-state index in [0.29, 0.717) is 25.3 Å². The summed E-state index contributed by atoms with van der Waals surface area (Å²) < 4.78 is 35.2. The van der Waals surface area contributed by atoms with Crippen LogP contribution in [-0.2, 0) is 16.3 Å². The van der Waals surface area contributed by atoms with E-state index >= 15 is 0 Å². The molecule has 0 saturated heterocycles. The third kappa shape index (κ3) is 10.8. The molecule has 138 valence electrons. The number of nitrogens with zero attached hydrogens (tertiary/aromatic N) is 1. The highest BCUT2D eigenvalue weighted by Crippen LogP contribution is 2.03. The minimum absolute atomic E-state index is 0. The number of benzene rings is 1. The highest BCUT2D eigenvalue weighted by molar-refractivity contribution is 14.0. The van der Waals surface area contributed by atoms with E-state index in [4.69, 9.17) is 0 Å². The highest BCUT2D eigenvalue weighted by atomic mass is 127. The number of rotatable bonds is 8. The molecule has 0 aliphatic rings. The third-order valence-electron chi connectivity index (χ3n) is 3.23. The van der Waals surface area contributed by atoms with E-state index in [1.807, 2.05) is 13.8 Å². The average Bonchev–Trinajstić information content (AvgIpc) is 2.47. The van der Waals surface area contributed by atoms with E-state index in [2.05, 4.69) is 15.6 Å². The topological polar surface area (TPSA) is 70.6 Å². The number of guanidine groups is 1. The first kappa shape index (κ1) is 23.1. The molecule has 0 bridgehead atoms. The Balaban J connectivity index is 0.00000529. The summed E-state index contributed by atoms with van der Waals surface area (Å²) in [4.78, 5) is 4.47. The van der Waals surface area contributed by atoms with E-state index in [1.165, 1.54) is 18.4 Å². The molecule has 0 saturated carbocycles. The fraction of sp³-hybridized carbons (Fsp3) is 0.562. The van der Waals surface area contributed by atoms with Gasteiger partial charge < -0.3 is 10.6 Å². The molecule has 0 aromatic heterocycles. The largest absolute Gasteiger partial charge is 0.357 e. The van der Waals surface area contributed by atoms with E-state index in [-0.39, 0.29) is 41.6 Å². The van der Waals surface area contributed by atoms with Crippen molar-refractivity contribution in [1.82, 2.24) is 10.6 Å². The molecule has 24 heavy (non-hydrogen) atoms. The normalized spacial score (nSPS) is 13.1. The van der Waals surface area contributed by atoms with Crippen molar-refractivity contribution in [3.05, 3.63) is 35.6 Å². The molecular weight excluding hydrogens is 444 g/mol. The van der Waals surface area contributed by atoms with Gasteiger partial charge in [0.05, 0.1) is 5.75 Å². The molecule has 0 aliphatic carbocycles. The second-order valence-corrected chi connectivity index (χ2v) is 7.86. The smallest absolute Gasteiger partial charge is 0.191 e. The minimum Gasteiger partial charge on any atom is -0.357 e. The van der Waals surface area contributed by atoms with Gasteiger partial charge in [0.15, 0.2) is 5.96 Å². The quantitative estimate of drug-likeness (QED) is 0.347. The number of sulfone groups is 1. The van der Waals surface area contributed by atoms with E-state index in [0.717, 1.165) is 12.1 Å². The molecule has 1 unspecified atom stereocenters. The number of halogens is 2. The van der Waals surface area contributed by atoms with Gasteiger partial charge in [-0.25, -0.2) is 12.8 Å². The van der Waals surface area contributed by atoms with Gasteiger partial charge in [-0.2, -0.15) is 0 Å². The third-order valence-corrected chi connectivity index (χ3v) is 4.21. The molecule has 2 N–H and O–H groups in total. The first-order valence-corrected chi connectivity index (χ1v) is 9.83. The summed E-state index contributed by atoms with van der Waals surface area (Å²) in [6.07, 6.45) is 2.48. The molecule has 0 aliphatic heterocycles. The number of aliphatic imine (C=N–C) groups is 1. The Bertz CT molecular complexity index is 606. The Labute approximate surface area is 161 Å². The van der Waals surface area contributed by atoms with Crippen LogP contribution in [0.3, 0.4) is 0 Å². The van der Waals surface area contributed by atoms with Crippen molar-refractivity contribution in [1.29, 1.82) is 0 Å². The van der Waals surface area contributed by atoms with Crippen LogP contribution in [0.15, 0.2) is 29.3 Å². The predicted molar refractivity (Wildman–Crippen MR) is 108 cm³/mol. The minimum atomic E-state index is -2.95. The van der Waals surface area contributed by atoms with Crippen LogP contribution in [0.2, 0.25) is 0 Å². The first-order valence-electron chi connectivity index (χ1n) is 7.77. The van der Waals surface area contributed by atoms with Crippen LogP contribution in [0.25, 0.3) is 0 Å². The van der Waals surface area contributed by atoms with Gasteiger partial charge in [0, 0.05) is 25.4 Å². The Morgan fingerprint density at radius 3 is 2.46 bits per heavy atom. The zero-order valence-electron chi connectivity index (χ0n) is 14.4. The van der Waals surface area contributed by atoms with E-state index in [9.17, 15) is 12.8 Å². The number of hydrogen-bond donors (Lipinski definition) is 2. The zero-order chi connectivity index (χ0) is 17.3. The molecule has 1 atom stereocenters. The maximum atomic E-state index is 12.8. The van der Waals surface area contributed by atoms with Crippen LogP contribution < -0.4 is 10.6 Å². The summed E-state index contributed by atoms with van der Waals surface area (Å²) in [7, 11) is -2.95. The van der Waals surface area contributed by atoms with Crippen LogP contribution >= 0.6 is 24.0 Å². The fourth-order valence-corrected chi connectivity index (χ4v) is 2.75. The summed E-state index contributed by atoms with van der Waals surface area (Å²) in [5.41, 5.74) is 1.02. The number of hydrogen-bond acceptors (Lipinski definition) is 3. The molecule has 5 nitrogen and oxygen atoms in total. The summed E-state index contributed by atoms with van der Waals surface area (Å²) in [6, 6.07) is 6.39. The molecule has 0 amide bonds. The SMILES string of the molecule is CCNC(=NCCc1ccc(F)cc1)NC(C)CCS(C)(=O)=O.I. The van der Waals surface area contributed by atoms with Gasteiger partial charge in [-0.1, -0.05) is 12.1 Å². The summed E-state index contributed by atoms with van der Waals surface area (Å²) in [6.45, 7) is 5.19. The van der Waals surface area contributed by atoms with Gasteiger partial charge >= 0.3 is 0 Å². The van der Waals surface area contributed by atoms with Crippen LogP contribution in [0, 0.1) is 5.82 Å². The Morgan fingerprint density at radius 2 is 1.92 bits per heavy atom. The molecular formula is C16H27FIN3O2S. The number of nitrogens with one attached hydrogen (secondary N) is 2. The van der Waals surface area contributed by atoms with Crippen LogP contribution in [0.1, 0.15) is 25.8 Å². The van der Waals surface area contributed by atoms with Crippen molar-refractivity contribution in [3.8, 4) is 0 Å². The highest BCUT2D eigenvalue weighted by Gasteiger charge is 2.09. The van der Waals surface area contributed by atoms with Crippen molar-refractivity contribution < 1.29 is 12.8 Å². The van der Waals surface area contributed by atoms with Crippen LogP contribution in [0.5, 0.6) is 0 Å². The van der Waals surface area contributed by atoms with Crippen molar-refractivity contribution in [2.75, 3.05) is 25.1 Å². The lowest BCUT2D eigenvalue weighted by Gasteiger charge is -2.17. The summed E-state index contributed by atoms with van der Waals surface area (Å²) in [5, 5.41) is 6.34. The molecule has 0 radical (unpaired) electrons. The van der Waals surface area contributed by atoms with E-state index < -0.39 is 9.84 Å². The first-order chi connectivity index (χ1) is 10.8. The van der Waals surface area contributed by atoms with Crippen LogP contribution in [0.4, 0.5) is 4.39 Å². The second-order valence-electron chi connectivity index (χ2n) is 5.60. The Morgan fingerprint density at radius 1 is 1.29 bits per heavy atom. The van der Waals surface area contributed by atoms with Gasteiger partial charge in [0.2, 0.25) is 0 Å². The molecule has 0 spiro atoms. The molecule has 1 aromatic rings.